The predicted molar refractivity (Wildman–Crippen MR) is 95.0 cm³/mol. The van der Waals surface area contributed by atoms with Gasteiger partial charge in [-0.3, -0.25) is 4.79 Å². The third kappa shape index (κ3) is 6.05. The van der Waals surface area contributed by atoms with Gasteiger partial charge >= 0.3 is 6.09 Å². The van der Waals surface area contributed by atoms with Crippen LogP contribution in [0.25, 0.3) is 0 Å². The lowest BCUT2D eigenvalue weighted by atomic mass is 10.0. The summed E-state index contributed by atoms with van der Waals surface area (Å²) < 4.78 is 5.26. The first kappa shape index (κ1) is 19.2. The molecule has 6 heteroatoms. The Morgan fingerprint density at radius 1 is 1.20 bits per heavy atom. The molecule has 0 heterocycles. The zero-order valence-electron chi connectivity index (χ0n) is 15.2. The van der Waals surface area contributed by atoms with Crippen molar-refractivity contribution in [2.24, 2.45) is 0 Å². The van der Waals surface area contributed by atoms with Crippen molar-refractivity contribution in [1.29, 1.82) is 0 Å². The van der Waals surface area contributed by atoms with Gasteiger partial charge in [-0.2, -0.15) is 0 Å². The molecule has 2 amide bonds. The van der Waals surface area contributed by atoms with Gasteiger partial charge in [-0.05, 0) is 39.2 Å². The standard InChI is InChI=1S/C19H28N2O4/c1-18(2,3)25-17(23)21-15(14-9-5-4-6-10-14)16(22)20-13-19(24)11-7-8-12-19/h4-6,9-10,15,24H,7-8,11-13H2,1-3H3,(H,20,22)(H,21,23). The number of alkyl carbamates (subject to hydrolysis) is 1. The minimum Gasteiger partial charge on any atom is -0.444 e. The van der Waals surface area contributed by atoms with Gasteiger partial charge in [-0.25, -0.2) is 4.79 Å². The summed E-state index contributed by atoms with van der Waals surface area (Å²) in [7, 11) is 0. The van der Waals surface area contributed by atoms with Crippen LogP contribution in [0.2, 0.25) is 0 Å². The van der Waals surface area contributed by atoms with E-state index in [1.54, 1.807) is 45.0 Å². The van der Waals surface area contributed by atoms with Gasteiger partial charge in [0.15, 0.2) is 0 Å². The topological polar surface area (TPSA) is 87.7 Å². The van der Waals surface area contributed by atoms with E-state index in [1.165, 1.54) is 0 Å². The van der Waals surface area contributed by atoms with Crippen LogP contribution in [0.15, 0.2) is 30.3 Å². The molecule has 0 aromatic heterocycles. The van der Waals surface area contributed by atoms with Crippen LogP contribution in [0.1, 0.15) is 58.1 Å². The molecule has 3 N–H and O–H groups in total. The minimum atomic E-state index is -0.874. The molecule has 1 fully saturated rings. The van der Waals surface area contributed by atoms with Crippen LogP contribution in [-0.4, -0.2) is 34.9 Å². The van der Waals surface area contributed by atoms with Crippen LogP contribution in [0.5, 0.6) is 0 Å². The summed E-state index contributed by atoms with van der Waals surface area (Å²) >= 11 is 0. The van der Waals surface area contributed by atoms with Gasteiger partial charge in [0.2, 0.25) is 5.91 Å². The lowest BCUT2D eigenvalue weighted by Gasteiger charge is -2.26. The molecule has 25 heavy (non-hydrogen) atoms. The second-order valence-electron chi connectivity index (χ2n) is 7.64. The van der Waals surface area contributed by atoms with Crippen LogP contribution in [0, 0.1) is 0 Å². The number of carbonyl (C=O) groups excluding carboxylic acids is 2. The van der Waals surface area contributed by atoms with Gasteiger partial charge in [0.1, 0.15) is 11.6 Å². The number of ether oxygens (including phenoxy) is 1. The van der Waals surface area contributed by atoms with E-state index in [9.17, 15) is 14.7 Å². The molecule has 1 aliphatic rings. The Hall–Kier alpha value is -2.08. The van der Waals surface area contributed by atoms with E-state index < -0.39 is 23.3 Å². The molecule has 1 atom stereocenters. The number of rotatable bonds is 5. The summed E-state index contributed by atoms with van der Waals surface area (Å²) in [6.45, 7) is 5.48. The van der Waals surface area contributed by atoms with Crippen LogP contribution < -0.4 is 10.6 Å². The van der Waals surface area contributed by atoms with E-state index in [0.717, 1.165) is 12.8 Å². The largest absolute Gasteiger partial charge is 0.444 e. The van der Waals surface area contributed by atoms with Crippen LogP contribution >= 0.6 is 0 Å². The lowest BCUT2D eigenvalue weighted by molar-refractivity contribution is -0.124. The molecule has 1 aliphatic carbocycles. The molecule has 2 rings (SSSR count). The van der Waals surface area contributed by atoms with Crippen molar-refractivity contribution in [3.8, 4) is 0 Å². The third-order valence-corrected chi connectivity index (χ3v) is 4.18. The van der Waals surface area contributed by atoms with E-state index in [0.29, 0.717) is 18.4 Å². The van der Waals surface area contributed by atoms with E-state index in [-0.39, 0.29) is 12.5 Å². The maximum Gasteiger partial charge on any atom is 0.408 e. The highest BCUT2D eigenvalue weighted by molar-refractivity contribution is 5.87. The molecular weight excluding hydrogens is 320 g/mol. The summed E-state index contributed by atoms with van der Waals surface area (Å²) in [5.74, 6) is -0.364. The van der Waals surface area contributed by atoms with E-state index in [1.807, 2.05) is 6.07 Å². The average molecular weight is 348 g/mol. The molecule has 1 aromatic rings. The highest BCUT2D eigenvalue weighted by atomic mass is 16.6. The molecule has 1 aromatic carbocycles. The van der Waals surface area contributed by atoms with Crippen molar-refractivity contribution < 1.29 is 19.4 Å². The van der Waals surface area contributed by atoms with Crippen LogP contribution in [0.4, 0.5) is 4.79 Å². The normalized spacial score (nSPS) is 17.6. The highest BCUT2D eigenvalue weighted by Crippen LogP contribution is 2.28. The molecule has 138 valence electrons. The molecule has 1 unspecified atom stereocenters. The van der Waals surface area contributed by atoms with E-state index in [4.69, 9.17) is 4.74 Å². The Kier molecular flexibility index (Phi) is 6.06. The predicted octanol–water partition coefficient (Wildman–Crippen LogP) is 2.67. The fraction of sp³-hybridized carbons (Fsp3) is 0.579. The Labute approximate surface area is 149 Å². The van der Waals surface area contributed by atoms with Gasteiger partial charge < -0.3 is 20.5 Å². The zero-order valence-corrected chi connectivity index (χ0v) is 15.2. The number of nitrogens with one attached hydrogen (secondary N) is 2. The molecule has 6 nitrogen and oxygen atoms in total. The number of benzene rings is 1. The molecule has 0 saturated heterocycles. The zero-order chi connectivity index (χ0) is 18.5. The number of carbonyl (C=O) groups is 2. The molecule has 0 radical (unpaired) electrons. The van der Waals surface area contributed by atoms with E-state index >= 15 is 0 Å². The maximum atomic E-state index is 12.7. The number of hydrogen-bond donors (Lipinski definition) is 3. The molecule has 0 bridgehead atoms. The molecule has 0 spiro atoms. The van der Waals surface area contributed by atoms with Gasteiger partial charge in [-0.15, -0.1) is 0 Å². The number of amides is 2. The Morgan fingerprint density at radius 2 is 1.80 bits per heavy atom. The highest BCUT2D eigenvalue weighted by Gasteiger charge is 2.33. The Bertz CT molecular complexity index is 589. The monoisotopic (exact) mass is 348 g/mol. The Morgan fingerprint density at radius 3 is 2.36 bits per heavy atom. The maximum absolute atomic E-state index is 12.7. The van der Waals surface area contributed by atoms with Crippen molar-refractivity contribution in [2.45, 2.75) is 63.7 Å². The first-order valence-electron chi connectivity index (χ1n) is 8.73. The fourth-order valence-electron chi connectivity index (χ4n) is 2.93. The smallest absolute Gasteiger partial charge is 0.408 e. The van der Waals surface area contributed by atoms with Crippen LogP contribution in [-0.2, 0) is 9.53 Å². The van der Waals surface area contributed by atoms with Gasteiger partial charge in [0, 0.05) is 6.54 Å². The average Bonchev–Trinajstić information content (AvgIpc) is 2.97. The van der Waals surface area contributed by atoms with E-state index in [2.05, 4.69) is 10.6 Å². The second kappa shape index (κ2) is 7.87. The van der Waals surface area contributed by atoms with Crippen molar-refractivity contribution in [3.05, 3.63) is 35.9 Å². The Balaban J connectivity index is 2.06. The van der Waals surface area contributed by atoms with Crippen molar-refractivity contribution in [2.75, 3.05) is 6.54 Å². The lowest BCUT2D eigenvalue weighted by Crippen LogP contribution is -2.47. The van der Waals surface area contributed by atoms with Crippen molar-refractivity contribution in [1.82, 2.24) is 10.6 Å². The summed E-state index contributed by atoms with van der Waals surface area (Å²) in [5, 5.41) is 15.8. The first-order valence-corrected chi connectivity index (χ1v) is 8.73. The number of hydrogen-bond acceptors (Lipinski definition) is 4. The van der Waals surface area contributed by atoms with Gasteiger partial charge in [-0.1, -0.05) is 43.2 Å². The first-order chi connectivity index (χ1) is 11.7. The van der Waals surface area contributed by atoms with Crippen molar-refractivity contribution >= 4 is 12.0 Å². The molecule has 0 aliphatic heterocycles. The third-order valence-electron chi connectivity index (χ3n) is 4.18. The van der Waals surface area contributed by atoms with Gasteiger partial charge in [0.05, 0.1) is 5.60 Å². The second-order valence-corrected chi connectivity index (χ2v) is 7.64. The van der Waals surface area contributed by atoms with Crippen molar-refractivity contribution in [3.63, 3.8) is 0 Å². The van der Waals surface area contributed by atoms with Crippen LogP contribution in [0.3, 0.4) is 0 Å². The summed E-state index contributed by atoms with van der Waals surface area (Å²) in [6, 6.07) is 8.11. The summed E-state index contributed by atoms with van der Waals surface area (Å²) in [5.41, 5.74) is -0.840. The minimum absolute atomic E-state index is 0.186. The number of aliphatic hydroxyl groups is 1. The summed E-state index contributed by atoms with van der Waals surface area (Å²) in [4.78, 5) is 24.8. The molecule has 1 saturated carbocycles. The van der Waals surface area contributed by atoms with Gasteiger partial charge in [0.25, 0.3) is 0 Å². The fourth-order valence-corrected chi connectivity index (χ4v) is 2.93. The molecular formula is C19H28N2O4. The SMILES string of the molecule is CC(C)(C)OC(=O)NC(C(=O)NCC1(O)CCCC1)c1ccccc1. The quantitative estimate of drug-likeness (QED) is 0.763. The summed E-state index contributed by atoms with van der Waals surface area (Å²) in [6.07, 6.45) is 2.64.